The zero-order valence-electron chi connectivity index (χ0n) is 16.2. The van der Waals surface area contributed by atoms with Crippen LogP contribution in [0.15, 0.2) is 53.7 Å². The number of hydrogen-bond acceptors (Lipinski definition) is 6. The molecule has 2 N–H and O–H groups in total. The second-order valence-corrected chi connectivity index (χ2v) is 7.64. The summed E-state index contributed by atoms with van der Waals surface area (Å²) in [5.41, 5.74) is 3.07. The van der Waals surface area contributed by atoms with Gasteiger partial charge in [0, 0.05) is 17.8 Å². The molecule has 1 aromatic heterocycles. The van der Waals surface area contributed by atoms with Crippen LogP contribution in [0.2, 0.25) is 0 Å². The second-order valence-electron chi connectivity index (χ2n) is 6.70. The number of aromatic nitrogens is 3. The Kier molecular flexibility index (Phi) is 5.71. The Morgan fingerprint density at radius 1 is 1.17 bits per heavy atom. The molecule has 0 fully saturated rings. The van der Waals surface area contributed by atoms with Gasteiger partial charge in [-0.05, 0) is 55.7 Å². The summed E-state index contributed by atoms with van der Waals surface area (Å²) in [6.45, 7) is 3.30. The van der Waals surface area contributed by atoms with Gasteiger partial charge in [0.15, 0.2) is 5.82 Å². The molecule has 0 saturated carbocycles. The van der Waals surface area contributed by atoms with E-state index in [1.807, 2.05) is 54.3 Å². The van der Waals surface area contributed by atoms with Gasteiger partial charge in [0.05, 0.1) is 12.4 Å². The molecule has 2 heterocycles. The molecule has 0 saturated heterocycles. The number of para-hydroxylation sites is 1. The van der Waals surface area contributed by atoms with Crippen LogP contribution in [-0.2, 0) is 11.2 Å². The largest absolute Gasteiger partial charge is 0.494 e. The number of amides is 1. The van der Waals surface area contributed by atoms with Gasteiger partial charge in [-0.3, -0.25) is 4.79 Å². The summed E-state index contributed by atoms with van der Waals surface area (Å²) in [4.78, 5) is 14.7. The fourth-order valence-corrected chi connectivity index (χ4v) is 4.17. The van der Waals surface area contributed by atoms with E-state index in [2.05, 4.69) is 16.3 Å². The third kappa shape index (κ3) is 4.07. The van der Waals surface area contributed by atoms with Crippen molar-refractivity contribution in [2.75, 3.05) is 29.6 Å². The first-order valence-corrected chi connectivity index (χ1v) is 10.6. The summed E-state index contributed by atoms with van der Waals surface area (Å²) in [6.07, 6.45) is 1.98. The Hall–Kier alpha value is -3.00. The van der Waals surface area contributed by atoms with Gasteiger partial charge in [-0.25, -0.2) is 4.68 Å². The maximum Gasteiger partial charge on any atom is 0.237 e. The zero-order valence-corrected chi connectivity index (χ0v) is 17.1. The highest BCUT2D eigenvalue weighted by molar-refractivity contribution is 7.99. The molecule has 2 aromatic carbocycles. The third-order valence-corrected chi connectivity index (χ3v) is 5.75. The number of benzene rings is 2. The van der Waals surface area contributed by atoms with Gasteiger partial charge in [0.2, 0.25) is 11.1 Å². The number of nitrogen functional groups attached to an aromatic ring is 1. The quantitative estimate of drug-likeness (QED) is 0.497. The molecule has 0 spiro atoms. The van der Waals surface area contributed by atoms with Crippen LogP contribution >= 0.6 is 11.8 Å². The summed E-state index contributed by atoms with van der Waals surface area (Å²) in [5.74, 6) is 7.83. The lowest BCUT2D eigenvalue weighted by Crippen LogP contribution is -2.36. The van der Waals surface area contributed by atoms with Crippen molar-refractivity contribution in [3.63, 3.8) is 0 Å². The molecule has 7 nitrogen and oxygen atoms in total. The van der Waals surface area contributed by atoms with E-state index < -0.39 is 0 Å². The first-order valence-electron chi connectivity index (χ1n) is 9.62. The van der Waals surface area contributed by atoms with E-state index in [0.29, 0.717) is 17.6 Å². The predicted molar refractivity (Wildman–Crippen MR) is 115 cm³/mol. The number of aryl methyl sites for hydroxylation is 1. The number of carbonyl (C=O) groups excluding carboxylic acids is 1. The standard InChI is InChI=1S/C21H23N5O2S/c1-2-28-17-11-9-16(10-12-17)20-23-24-21(26(20)22)29-14-19(27)25-13-5-7-15-6-3-4-8-18(15)25/h3-4,6,8-12H,2,5,7,13-14,22H2,1H3. The van der Waals surface area contributed by atoms with E-state index in [-0.39, 0.29) is 11.7 Å². The van der Waals surface area contributed by atoms with E-state index in [0.717, 1.165) is 36.4 Å². The Bertz CT molecular complexity index is 1000. The van der Waals surface area contributed by atoms with E-state index in [9.17, 15) is 4.79 Å². The van der Waals surface area contributed by atoms with E-state index in [1.165, 1.54) is 22.0 Å². The fraction of sp³-hybridized carbons (Fsp3) is 0.286. The molecule has 1 aliphatic rings. The van der Waals surface area contributed by atoms with Crippen molar-refractivity contribution in [3.8, 4) is 17.1 Å². The van der Waals surface area contributed by atoms with Crippen molar-refractivity contribution in [2.45, 2.75) is 24.9 Å². The average Bonchev–Trinajstić information content (AvgIpc) is 3.12. The molecular formula is C21H23N5O2S. The SMILES string of the molecule is CCOc1ccc(-c2nnc(SCC(=O)N3CCCc4ccccc43)n2N)cc1. The Labute approximate surface area is 173 Å². The number of nitrogens with zero attached hydrogens (tertiary/aromatic N) is 4. The van der Waals surface area contributed by atoms with Gasteiger partial charge in [0.25, 0.3) is 0 Å². The minimum absolute atomic E-state index is 0.0489. The van der Waals surface area contributed by atoms with Gasteiger partial charge < -0.3 is 15.5 Å². The number of rotatable bonds is 6. The summed E-state index contributed by atoms with van der Waals surface area (Å²) in [5, 5.41) is 8.86. The third-order valence-electron chi connectivity index (χ3n) is 4.82. The molecule has 0 bridgehead atoms. The number of hydrogen-bond donors (Lipinski definition) is 1. The number of carbonyl (C=O) groups is 1. The normalized spacial score (nSPS) is 13.2. The highest BCUT2D eigenvalue weighted by Gasteiger charge is 2.23. The molecule has 29 heavy (non-hydrogen) atoms. The Morgan fingerprint density at radius 3 is 2.76 bits per heavy atom. The van der Waals surface area contributed by atoms with Crippen molar-refractivity contribution in [1.82, 2.24) is 14.9 Å². The second kappa shape index (κ2) is 8.57. The van der Waals surface area contributed by atoms with E-state index in [1.54, 1.807) is 0 Å². The molecular weight excluding hydrogens is 386 g/mol. The fourth-order valence-electron chi connectivity index (χ4n) is 3.44. The summed E-state index contributed by atoms with van der Waals surface area (Å²) < 4.78 is 6.89. The Balaban J connectivity index is 1.44. The lowest BCUT2D eigenvalue weighted by molar-refractivity contribution is -0.116. The van der Waals surface area contributed by atoms with Crippen LogP contribution in [0.3, 0.4) is 0 Å². The van der Waals surface area contributed by atoms with Gasteiger partial charge in [-0.2, -0.15) is 0 Å². The summed E-state index contributed by atoms with van der Waals surface area (Å²) in [7, 11) is 0. The van der Waals surface area contributed by atoms with Crippen molar-refractivity contribution in [3.05, 3.63) is 54.1 Å². The van der Waals surface area contributed by atoms with Crippen LogP contribution in [0.4, 0.5) is 5.69 Å². The van der Waals surface area contributed by atoms with Gasteiger partial charge in [-0.1, -0.05) is 30.0 Å². The topological polar surface area (TPSA) is 86.3 Å². The van der Waals surface area contributed by atoms with Crippen LogP contribution in [0.5, 0.6) is 5.75 Å². The van der Waals surface area contributed by atoms with E-state index in [4.69, 9.17) is 10.6 Å². The maximum atomic E-state index is 12.8. The van der Waals surface area contributed by atoms with E-state index >= 15 is 0 Å². The first-order chi connectivity index (χ1) is 14.2. The van der Waals surface area contributed by atoms with Gasteiger partial charge in [-0.15, -0.1) is 10.2 Å². The molecule has 1 aliphatic heterocycles. The molecule has 4 rings (SSSR count). The monoisotopic (exact) mass is 409 g/mol. The number of thioether (sulfide) groups is 1. The lowest BCUT2D eigenvalue weighted by atomic mass is 10.0. The summed E-state index contributed by atoms with van der Waals surface area (Å²) >= 11 is 1.30. The number of anilines is 1. The highest BCUT2D eigenvalue weighted by atomic mass is 32.2. The minimum Gasteiger partial charge on any atom is -0.494 e. The van der Waals surface area contributed by atoms with Crippen molar-refractivity contribution < 1.29 is 9.53 Å². The molecule has 150 valence electrons. The first kappa shape index (κ1) is 19.3. The van der Waals surface area contributed by atoms with Crippen LogP contribution in [0, 0.1) is 0 Å². The van der Waals surface area contributed by atoms with Gasteiger partial charge in [0.1, 0.15) is 5.75 Å². The number of nitrogens with two attached hydrogens (primary N) is 1. The molecule has 0 unspecified atom stereocenters. The smallest absolute Gasteiger partial charge is 0.237 e. The molecule has 8 heteroatoms. The minimum atomic E-state index is 0.0489. The molecule has 3 aromatic rings. The lowest BCUT2D eigenvalue weighted by Gasteiger charge is -2.29. The predicted octanol–water partition coefficient (Wildman–Crippen LogP) is 3.13. The molecule has 0 radical (unpaired) electrons. The van der Waals surface area contributed by atoms with Crippen molar-refractivity contribution in [2.24, 2.45) is 0 Å². The number of fused-ring (bicyclic) bond motifs is 1. The Morgan fingerprint density at radius 2 is 1.97 bits per heavy atom. The molecule has 1 amide bonds. The average molecular weight is 410 g/mol. The molecule has 0 atom stereocenters. The van der Waals surface area contributed by atoms with Crippen LogP contribution in [0.25, 0.3) is 11.4 Å². The zero-order chi connectivity index (χ0) is 20.2. The van der Waals surface area contributed by atoms with Crippen LogP contribution in [-0.4, -0.2) is 39.7 Å². The van der Waals surface area contributed by atoms with Crippen LogP contribution in [0.1, 0.15) is 18.9 Å². The number of ether oxygens (including phenoxy) is 1. The van der Waals surface area contributed by atoms with Gasteiger partial charge >= 0.3 is 0 Å². The molecule has 0 aliphatic carbocycles. The van der Waals surface area contributed by atoms with Crippen molar-refractivity contribution >= 4 is 23.4 Å². The van der Waals surface area contributed by atoms with Crippen molar-refractivity contribution in [1.29, 1.82) is 0 Å². The maximum absolute atomic E-state index is 12.8. The highest BCUT2D eigenvalue weighted by Crippen LogP contribution is 2.28. The van der Waals surface area contributed by atoms with Crippen LogP contribution < -0.4 is 15.5 Å². The summed E-state index contributed by atoms with van der Waals surface area (Å²) in [6, 6.07) is 15.6.